The molecule has 0 aliphatic rings. The van der Waals surface area contributed by atoms with E-state index in [2.05, 4.69) is 4.98 Å². The first-order chi connectivity index (χ1) is 8.99. The van der Waals surface area contributed by atoms with Crippen molar-refractivity contribution < 1.29 is 23.1 Å². The highest BCUT2D eigenvalue weighted by Gasteiger charge is 2.13. The van der Waals surface area contributed by atoms with Crippen molar-refractivity contribution in [1.29, 1.82) is 0 Å². The number of rotatable bonds is 3. The van der Waals surface area contributed by atoms with Crippen molar-refractivity contribution >= 4 is 5.97 Å². The molecule has 1 heterocycles. The molecule has 0 spiro atoms. The lowest BCUT2D eigenvalue weighted by Crippen LogP contribution is -2.00. The van der Waals surface area contributed by atoms with Gasteiger partial charge in [-0.25, -0.2) is 18.0 Å². The number of halogens is 3. The minimum absolute atomic E-state index is 0.336. The predicted octanol–water partition coefficient (Wildman–Crippen LogP) is 3.52. The van der Waals surface area contributed by atoms with Crippen LogP contribution in [-0.2, 0) is 0 Å². The van der Waals surface area contributed by atoms with Gasteiger partial charge in [0.25, 0.3) is 6.43 Å². The van der Waals surface area contributed by atoms with Gasteiger partial charge in [-0.05, 0) is 35.4 Å². The van der Waals surface area contributed by atoms with Gasteiger partial charge >= 0.3 is 5.97 Å². The number of alkyl halides is 2. The van der Waals surface area contributed by atoms with Gasteiger partial charge in [0.1, 0.15) is 11.5 Å². The number of benzene rings is 1. The Kier molecular flexibility index (Phi) is 3.50. The summed E-state index contributed by atoms with van der Waals surface area (Å²) >= 11 is 0. The van der Waals surface area contributed by atoms with Crippen LogP contribution >= 0.6 is 0 Å². The molecule has 0 saturated carbocycles. The Balaban J connectivity index is 2.50. The number of hydrogen-bond donors (Lipinski definition) is 1. The fourth-order valence-electron chi connectivity index (χ4n) is 1.62. The molecule has 0 bridgehead atoms. The summed E-state index contributed by atoms with van der Waals surface area (Å²) in [6, 6.07) is 6.00. The number of aromatic carboxylic acids is 1. The molecule has 0 amide bonds. The lowest BCUT2D eigenvalue weighted by atomic mass is 10.0. The highest BCUT2D eigenvalue weighted by molar-refractivity contribution is 5.89. The van der Waals surface area contributed by atoms with E-state index in [1.807, 2.05) is 0 Å². The van der Waals surface area contributed by atoms with E-state index < -0.39 is 29.5 Å². The van der Waals surface area contributed by atoms with Crippen LogP contribution in [0.4, 0.5) is 13.2 Å². The van der Waals surface area contributed by atoms with Crippen molar-refractivity contribution in [3.8, 4) is 11.1 Å². The summed E-state index contributed by atoms with van der Waals surface area (Å²) in [5, 5.41) is 8.81. The van der Waals surface area contributed by atoms with E-state index in [4.69, 9.17) is 5.11 Å². The van der Waals surface area contributed by atoms with Crippen LogP contribution in [0.1, 0.15) is 22.5 Å². The molecule has 2 aromatic rings. The quantitative estimate of drug-likeness (QED) is 0.925. The molecule has 6 heteroatoms. The van der Waals surface area contributed by atoms with Crippen molar-refractivity contribution in [3.05, 3.63) is 53.6 Å². The Hall–Kier alpha value is -2.37. The maximum Gasteiger partial charge on any atom is 0.338 e. The zero-order valence-electron chi connectivity index (χ0n) is 9.48. The Labute approximate surface area is 106 Å². The second kappa shape index (κ2) is 5.09. The molecule has 98 valence electrons. The van der Waals surface area contributed by atoms with E-state index in [1.165, 1.54) is 18.3 Å². The van der Waals surface area contributed by atoms with Crippen molar-refractivity contribution in [2.45, 2.75) is 6.43 Å². The number of nitrogens with zero attached hydrogens (tertiary/aromatic N) is 1. The normalized spacial score (nSPS) is 10.7. The van der Waals surface area contributed by atoms with E-state index in [1.54, 1.807) is 0 Å². The average Bonchev–Trinajstić information content (AvgIpc) is 2.39. The van der Waals surface area contributed by atoms with Crippen LogP contribution in [-0.4, -0.2) is 16.1 Å². The Morgan fingerprint density at radius 3 is 2.47 bits per heavy atom. The van der Waals surface area contributed by atoms with Crippen molar-refractivity contribution in [2.75, 3.05) is 0 Å². The number of carboxylic acid groups (broad SMARTS) is 1. The molecule has 0 unspecified atom stereocenters. The summed E-state index contributed by atoms with van der Waals surface area (Å²) in [5.41, 5.74) is -0.234. The number of carbonyl (C=O) groups is 1. The largest absolute Gasteiger partial charge is 0.478 e. The molecule has 19 heavy (non-hydrogen) atoms. The van der Waals surface area contributed by atoms with Crippen LogP contribution in [0.15, 0.2) is 36.5 Å². The van der Waals surface area contributed by atoms with E-state index >= 15 is 0 Å². The fourth-order valence-corrected chi connectivity index (χ4v) is 1.62. The predicted molar refractivity (Wildman–Crippen MR) is 61.5 cm³/mol. The van der Waals surface area contributed by atoms with Gasteiger partial charge in [0, 0.05) is 6.20 Å². The second-order valence-corrected chi connectivity index (χ2v) is 3.77. The van der Waals surface area contributed by atoms with Crippen molar-refractivity contribution in [1.82, 2.24) is 4.98 Å². The minimum atomic E-state index is -2.72. The van der Waals surface area contributed by atoms with E-state index in [-0.39, 0.29) is 0 Å². The topological polar surface area (TPSA) is 50.2 Å². The standard InChI is InChI=1S/C13H8F3NO2/c14-10-2-1-7(5-9(10)13(18)19)8-3-4-17-11(6-8)12(15)16/h1-6,12H,(H,18,19). The summed E-state index contributed by atoms with van der Waals surface area (Å²) < 4.78 is 38.3. The summed E-state index contributed by atoms with van der Waals surface area (Å²) in [6.45, 7) is 0. The van der Waals surface area contributed by atoms with Gasteiger partial charge in [-0.3, -0.25) is 4.98 Å². The molecule has 2 rings (SSSR count). The number of hydrogen-bond acceptors (Lipinski definition) is 2. The third-order valence-electron chi connectivity index (χ3n) is 2.53. The summed E-state index contributed by atoms with van der Waals surface area (Å²) in [6.07, 6.45) is -1.53. The molecule has 0 aliphatic carbocycles. The first-order valence-corrected chi connectivity index (χ1v) is 5.26. The first-order valence-electron chi connectivity index (χ1n) is 5.26. The maximum atomic E-state index is 13.2. The highest BCUT2D eigenvalue weighted by atomic mass is 19.3. The van der Waals surface area contributed by atoms with E-state index in [0.29, 0.717) is 11.1 Å². The van der Waals surface area contributed by atoms with Crippen LogP contribution in [0.25, 0.3) is 11.1 Å². The van der Waals surface area contributed by atoms with Crippen LogP contribution in [0.3, 0.4) is 0 Å². The molecular weight excluding hydrogens is 259 g/mol. The van der Waals surface area contributed by atoms with E-state index in [9.17, 15) is 18.0 Å². The van der Waals surface area contributed by atoms with Crippen LogP contribution in [0.5, 0.6) is 0 Å². The summed E-state index contributed by atoms with van der Waals surface area (Å²) in [5.74, 6) is -2.29. The van der Waals surface area contributed by atoms with Crippen LogP contribution < -0.4 is 0 Å². The van der Waals surface area contributed by atoms with Crippen LogP contribution in [0.2, 0.25) is 0 Å². The lowest BCUT2D eigenvalue weighted by molar-refractivity contribution is 0.0692. The second-order valence-electron chi connectivity index (χ2n) is 3.77. The number of aromatic nitrogens is 1. The number of carboxylic acids is 1. The molecule has 0 fully saturated rings. The monoisotopic (exact) mass is 267 g/mol. The van der Waals surface area contributed by atoms with Gasteiger partial charge in [0.15, 0.2) is 0 Å². The molecule has 0 aliphatic heterocycles. The lowest BCUT2D eigenvalue weighted by Gasteiger charge is -2.06. The van der Waals surface area contributed by atoms with Gasteiger partial charge < -0.3 is 5.11 Å². The summed E-state index contributed by atoms with van der Waals surface area (Å²) in [4.78, 5) is 14.3. The average molecular weight is 267 g/mol. The molecule has 3 nitrogen and oxygen atoms in total. The van der Waals surface area contributed by atoms with Gasteiger partial charge in [-0.2, -0.15) is 0 Å². The Morgan fingerprint density at radius 1 is 1.16 bits per heavy atom. The molecule has 1 aromatic heterocycles. The highest BCUT2D eigenvalue weighted by Crippen LogP contribution is 2.25. The zero-order chi connectivity index (χ0) is 14.0. The molecule has 0 radical (unpaired) electrons. The van der Waals surface area contributed by atoms with Crippen molar-refractivity contribution in [2.24, 2.45) is 0 Å². The molecule has 0 saturated heterocycles. The summed E-state index contributed by atoms with van der Waals surface area (Å²) in [7, 11) is 0. The SMILES string of the molecule is O=C(O)c1cc(-c2ccnc(C(F)F)c2)ccc1F. The molecule has 0 atom stereocenters. The maximum absolute atomic E-state index is 13.2. The third kappa shape index (κ3) is 2.73. The molecular formula is C13H8F3NO2. The Bertz CT molecular complexity index is 629. The number of pyridine rings is 1. The first kappa shape index (κ1) is 13.1. The van der Waals surface area contributed by atoms with E-state index in [0.717, 1.165) is 18.2 Å². The fraction of sp³-hybridized carbons (Fsp3) is 0.0769. The molecule has 1 N–H and O–H groups in total. The van der Waals surface area contributed by atoms with Gasteiger partial charge in [0.05, 0.1) is 5.56 Å². The zero-order valence-corrected chi connectivity index (χ0v) is 9.48. The molecule has 1 aromatic carbocycles. The Morgan fingerprint density at radius 2 is 1.84 bits per heavy atom. The smallest absolute Gasteiger partial charge is 0.338 e. The third-order valence-corrected chi connectivity index (χ3v) is 2.53. The van der Waals surface area contributed by atoms with Crippen molar-refractivity contribution in [3.63, 3.8) is 0 Å². The van der Waals surface area contributed by atoms with Gasteiger partial charge in [-0.15, -0.1) is 0 Å². The van der Waals surface area contributed by atoms with Crippen LogP contribution in [0, 0.1) is 5.82 Å². The van der Waals surface area contributed by atoms with Gasteiger partial charge in [-0.1, -0.05) is 6.07 Å². The minimum Gasteiger partial charge on any atom is -0.478 e. The van der Waals surface area contributed by atoms with Gasteiger partial charge in [0.2, 0.25) is 0 Å².